The van der Waals surface area contributed by atoms with E-state index in [2.05, 4.69) is 17.2 Å². The van der Waals surface area contributed by atoms with Gasteiger partial charge in [0.25, 0.3) is 0 Å². The van der Waals surface area contributed by atoms with Crippen molar-refractivity contribution in [3.05, 3.63) is 15.6 Å². The third-order valence-corrected chi connectivity index (χ3v) is 3.32. The predicted octanol–water partition coefficient (Wildman–Crippen LogP) is 2.00. The fourth-order valence-electron chi connectivity index (χ4n) is 1.46. The lowest BCUT2D eigenvalue weighted by Crippen LogP contribution is -2.05. The van der Waals surface area contributed by atoms with Gasteiger partial charge < -0.3 is 10.1 Å². The maximum Gasteiger partial charge on any atom is 0.0954 e. The van der Waals surface area contributed by atoms with Crippen LogP contribution in [0.15, 0.2) is 0 Å². The minimum Gasteiger partial charge on any atom is -0.384 e. The first kappa shape index (κ1) is 12.6. The molecule has 0 fully saturated rings. The molecule has 15 heavy (non-hydrogen) atoms. The van der Waals surface area contributed by atoms with E-state index in [0.29, 0.717) is 0 Å². The highest BCUT2D eigenvalue weighted by Gasteiger charge is 2.09. The van der Waals surface area contributed by atoms with Gasteiger partial charge in [-0.3, -0.25) is 0 Å². The highest BCUT2D eigenvalue weighted by Crippen LogP contribution is 2.20. The quantitative estimate of drug-likeness (QED) is 0.775. The van der Waals surface area contributed by atoms with Crippen LogP contribution in [0, 0.1) is 0 Å². The summed E-state index contributed by atoms with van der Waals surface area (Å²) in [5, 5.41) is 4.39. The highest BCUT2D eigenvalue weighted by molar-refractivity contribution is 7.11. The van der Waals surface area contributed by atoms with Crippen molar-refractivity contribution < 1.29 is 4.74 Å². The molecule has 0 bridgehead atoms. The Labute approximate surface area is 95.9 Å². The minimum absolute atomic E-state index is 0.762. The Balaban J connectivity index is 2.68. The number of aryl methyl sites for hydroxylation is 1. The van der Waals surface area contributed by atoms with Crippen molar-refractivity contribution in [1.29, 1.82) is 0 Å². The first-order valence-corrected chi connectivity index (χ1v) is 6.24. The summed E-state index contributed by atoms with van der Waals surface area (Å²) in [6.07, 6.45) is 3.17. The monoisotopic (exact) mass is 228 g/mol. The van der Waals surface area contributed by atoms with Gasteiger partial charge in [-0.15, -0.1) is 11.3 Å². The van der Waals surface area contributed by atoms with E-state index in [4.69, 9.17) is 4.74 Å². The number of nitrogens with zero attached hydrogens (tertiary/aromatic N) is 1. The van der Waals surface area contributed by atoms with Crippen molar-refractivity contribution in [2.24, 2.45) is 0 Å². The minimum atomic E-state index is 0.762. The van der Waals surface area contributed by atoms with E-state index in [1.165, 1.54) is 15.6 Å². The average Bonchev–Trinajstić information content (AvgIpc) is 2.59. The summed E-state index contributed by atoms with van der Waals surface area (Å²) in [7, 11) is 3.71. The van der Waals surface area contributed by atoms with E-state index in [1.54, 1.807) is 7.11 Å². The molecule has 0 radical (unpaired) electrons. The summed E-state index contributed by atoms with van der Waals surface area (Å²) < 4.78 is 5.07. The van der Waals surface area contributed by atoms with Gasteiger partial charge in [0, 0.05) is 25.0 Å². The number of methoxy groups -OCH3 is 1. The summed E-state index contributed by atoms with van der Waals surface area (Å²) in [5.74, 6) is 0. The lowest BCUT2D eigenvalue weighted by Gasteiger charge is -1.98. The van der Waals surface area contributed by atoms with Gasteiger partial charge in [-0.05, 0) is 13.5 Å². The van der Waals surface area contributed by atoms with Crippen LogP contribution in [-0.4, -0.2) is 25.7 Å². The van der Waals surface area contributed by atoms with Crippen LogP contribution < -0.4 is 5.32 Å². The summed E-state index contributed by atoms with van der Waals surface area (Å²) >= 11 is 1.81. The third-order valence-electron chi connectivity index (χ3n) is 2.17. The normalized spacial score (nSPS) is 10.9. The molecule has 3 nitrogen and oxygen atoms in total. The van der Waals surface area contributed by atoms with E-state index in [-0.39, 0.29) is 0 Å². The maximum absolute atomic E-state index is 5.07. The molecule has 1 aromatic rings. The molecule has 0 spiro atoms. The summed E-state index contributed by atoms with van der Waals surface area (Å²) in [6.45, 7) is 3.88. The fourth-order valence-corrected chi connectivity index (χ4v) is 2.57. The number of ether oxygens (including phenoxy) is 1. The van der Waals surface area contributed by atoms with E-state index >= 15 is 0 Å². The summed E-state index contributed by atoms with van der Waals surface area (Å²) in [6, 6.07) is 0. The van der Waals surface area contributed by atoms with Crippen LogP contribution in [0.4, 0.5) is 0 Å². The van der Waals surface area contributed by atoms with E-state index < -0.39 is 0 Å². The Hall–Kier alpha value is -0.450. The zero-order chi connectivity index (χ0) is 11.1. The fraction of sp³-hybridized carbons (Fsp3) is 0.727. The summed E-state index contributed by atoms with van der Waals surface area (Å²) in [5.41, 5.74) is 1.27. The van der Waals surface area contributed by atoms with Crippen molar-refractivity contribution in [2.75, 3.05) is 20.8 Å². The molecule has 86 valence electrons. The molecule has 0 aromatic carbocycles. The van der Waals surface area contributed by atoms with Gasteiger partial charge in [0.05, 0.1) is 17.3 Å². The molecule has 0 aliphatic heterocycles. The van der Waals surface area contributed by atoms with Crippen LogP contribution in [0.2, 0.25) is 0 Å². The first-order valence-electron chi connectivity index (χ1n) is 5.42. The van der Waals surface area contributed by atoms with Gasteiger partial charge in [-0.2, -0.15) is 0 Å². The Bertz CT molecular complexity index is 263. The van der Waals surface area contributed by atoms with Crippen LogP contribution in [0.1, 0.15) is 28.9 Å². The lowest BCUT2D eigenvalue weighted by molar-refractivity contribution is 0.202. The molecule has 0 aliphatic rings. The number of thiazole rings is 1. The molecular formula is C11H20N2OS. The smallest absolute Gasteiger partial charge is 0.0954 e. The second kappa shape index (κ2) is 6.93. The zero-order valence-corrected chi connectivity index (χ0v) is 10.6. The van der Waals surface area contributed by atoms with Gasteiger partial charge in [-0.25, -0.2) is 4.98 Å². The molecule has 0 saturated heterocycles. The van der Waals surface area contributed by atoms with Gasteiger partial charge in [0.15, 0.2) is 0 Å². The lowest BCUT2D eigenvalue weighted by atomic mass is 10.2. The molecule has 1 heterocycles. The van der Waals surface area contributed by atoms with Gasteiger partial charge in [-0.1, -0.05) is 13.3 Å². The third kappa shape index (κ3) is 3.89. The molecule has 0 aliphatic carbocycles. The number of hydrogen-bond donors (Lipinski definition) is 1. The maximum atomic E-state index is 5.07. The van der Waals surface area contributed by atoms with E-state index in [1.807, 2.05) is 18.4 Å². The topological polar surface area (TPSA) is 34.1 Å². The van der Waals surface area contributed by atoms with Crippen molar-refractivity contribution in [3.63, 3.8) is 0 Å². The predicted molar refractivity (Wildman–Crippen MR) is 64.5 cm³/mol. The molecule has 0 amide bonds. The van der Waals surface area contributed by atoms with E-state index in [9.17, 15) is 0 Å². The second-order valence-electron chi connectivity index (χ2n) is 3.50. The van der Waals surface area contributed by atoms with Crippen molar-refractivity contribution in [2.45, 2.75) is 32.7 Å². The highest BCUT2D eigenvalue weighted by atomic mass is 32.1. The molecule has 4 heteroatoms. The van der Waals surface area contributed by atoms with Crippen molar-refractivity contribution in [1.82, 2.24) is 10.3 Å². The van der Waals surface area contributed by atoms with Gasteiger partial charge >= 0.3 is 0 Å². The number of rotatable bonds is 7. The largest absolute Gasteiger partial charge is 0.384 e. The molecule has 1 N–H and O–H groups in total. The van der Waals surface area contributed by atoms with Crippen LogP contribution in [-0.2, 0) is 24.1 Å². The van der Waals surface area contributed by atoms with Crippen LogP contribution in [0.5, 0.6) is 0 Å². The number of hydrogen-bond acceptors (Lipinski definition) is 4. The SMILES string of the molecule is CCCc1nc(CCOC)sc1CNC. The Morgan fingerprint density at radius 3 is 2.80 bits per heavy atom. The molecular weight excluding hydrogens is 208 g/mol. The molecule has 1 aromatic heterocycles. The van der Waals surface area contributed by atoms with Crippen LogP contribution in [0.25, 0.3) is 0 Å². The summed E-state index contributed by atoms with van der Waals surface area (Å²) in [4.78, 5) is 6.03. The van der Waals surface area contributed by atoms with Crippen molar-refractivity contribution in [3.8, 4) is 0 Å². The molecule has 0 saturated carbocycles. The standard InChI is InChI=1S/C11H20N2OS/c1-4-5-9-10(8-12-2)15-11(13-9)6-7-14-3/h12H,4-8H2,1-3H3. The molecule has 1 rings (SSSR count). The van der Waals surface area contributed by atoms with Gasteiger partial charge in [0.1, 0.15) is 0 Å². The number of nitrogens with one attached hydrogen (secondary N) is 1. The van der Waals surface area contributed by atoms with E-state index in [0.717, 1.165) is 32.4 Å². The van der Waals surface area contributed by atoms with Crippen LogP contribution >= 0.6 is 11.3 Å². The van der Waals surface area contributed by atoms with Gasteiger partial charge in [0.2, 0.25) is 0 Å². The zero-order valence-electron chi connectivity index (χ0n) is 9.80. The molecule has 0 unspecified atom stereocenters. The number of aromatic nitrogens is 1. The first-order chi connectivity index (χ1) is 7.31. The second-order valence-corrected chi connectivity index (χ2v) is 4.67. The Morgan fingerprint density at radius 1 is 1.40 bits per heavy atom. The van der Waals surface area contributed by atoms with Crippen molar-refractivity contribution >= 4 is 11.3 Å². The average molecular weight is 228 g/mol. The Kier molecular flexibility index (Phi) is 5.83. The van der Waals surface area contributed by atoms with Crippen LogP contribution in [0.3, 0.4) is 0 Å². The Morgan fingerprint density at radius 2 is 2.20 bits per heavy atom. The molecule has 0 atom stereocenters.